The fraction of sp³-hybridized carbons (Fsp3) is 0.375. The van der Waals surface area contributed by atoms with E-state index in [0.29, 0.717) is 5.88 Å². The molecular weight excluding hydrogens is 284 g/mol. The summed E-state index contributed by atoms with van der Waals surface area (Å²) in [5.74, 6) is 1.41. The highest BCUT2D eigenvalue weighted by Gasteiger charge is 2.09. The molecule has 0 N–H and O–H groups in total. The fourth-order valence-corrected chi connectivity index (χ4v) is 2.82. The Morgan fingerprint density at radius 1 is 1.19 bits per heavy atom. The fourth-order valence-electron chi connectivity index (χ4n) is 2.62. The molecule has 0 saturated carbocycles. The summed E-state index contributed by atoms with van der Waals surface area (Å²) in [6.07, 6.45) is 7.89. The van der Waals surface area contributed by atoms with Crippen LogP contribution < -0.4 is 0 Å². The van der Waals surface area contributed by atoms with Crippen LogP contribution in [0, 0.1) is 6.92 Å². The molecule has 0 unspecified atom stereocenters. The van der Waals surface area contributed by atoms with Gasteiger partial charge >= 0.3 is 0 Å². The number of halogens is 1. The van der Waals surface area contributed by atoms with Gasteiger partial charge in [0.2, 0.25) is 0 Å². The maximum atomic E-state index is 6.04. The molecule has 0 radical (unpaired) electrons. The maximum Gasteiger partial charge on any atom is 0.124 e. The molecule has 0 aliphatic heterocycles. The summed E-state index contributed by atoms with van der Waals surface area (Å²) < 4.78 is 4.36. The molecule has 0 aliphatic rings. The van der Waals surface area contributed by atoms with E-state index in [9.17, 15) is 0 Å². The first-order valence-corrected chi connectivity index (χ1v) is 7.79. The zero-order valence-corrected chi connectivity index (χ0v) is 12.9. The largest absolute Gasteiger partial charge is 0.337 e. The molecule has 3 rings (SSSR count). The van der Waals surface area contributed by atoms with Crippen molar-refractivity contribution in [2.45, 2.75) is 38.7 Å². The van der Waals surface area contributed by atoms with Crippen LogP contribution in [0.1, 0.15) is 24.2 Å². The number of rotatable bonds is 6. The van der Waals surface area contributed by atoms with Crippen LogP contribution in [0.4, 0.5) is 0 Å². The average Bonchev–Trinajstić information content (AvgIpc) is 3.11. The summed E-state index contributed by atoms with van der Waals surface area (Å²) in [6, 6.07) is 6.35. The number of benzene rings is 1. The van der Waals surface area contributed by atoms with Crippen molar-refractivity contribution in [3.63, 3.8) is 0 Å². The number of fused-ring (bicyclic) bond motifs is 1. The molecule has 0 aliphatic carbocycles. The van der Waals surface area contributed by atoms with E-state index >= 15 is 0 Å². The number of aromatic nitrogens is 4. The first kappa shape index (κ1) is 14.1. The lowest BCUT2D eigenvalue weighted by atomic mass is 10.2. The van der Waals surface area contributed by atoms with Gasteiger partial charge in [-0.15, -0.1) is 11.6 Å². The number of imidazole rings is 2. The van der Waals surface area contributed by atoms with E-state index in [2.05, 4.69) is 44.2 Å². The number of hydrogen-bond acceptors (Lipinski definition) is 2. The Bertz CT molecular complexity index is 715. The van der Waals surface area contributed by atoms with Crippen LogP contribution in [0.2, 0.25) is 0 Å². The Morgan fingerprint density at radius 3 is 2.81 bits per heavy atom. The third kappa shape index (κ3) is 3.10. The van der Waals surface area contributed by atoms with Gasteiger partial charge < -0.3 is 9.13 Å². The van der Waals surface area contributed by atoms with E-state index in [1.165, 1.54) is 11.1 Å². The SMILES string of the molecule is Cc1ccc2nc(CCl)n(CCCCn3ccnc3)c2c1. The standard InChI is InChI=1S/C16H19ClN4/c1-13-4-5-14-15(10-13)21(16(11-17)19-14)8-3-2-7-20-9-6-18-12-20/h4-6,9-10,12H,2-3,7-8,11H2,1H3. The van der Waals surface area contributed by atoms with Crippen molar-refractivity contribution in [1.82, 2.24) is 19.1 Å². The Labute approximate surface area is 129 Å². The van der Waals surface area contributed by atoms with Crippen molar-refractivity contribution < 1.29 is 0 Å². The molecule has 0 fully saturated rings. The van der Waals surface area contributed by atoms with Crippen LogP contribution in [-0.2, 0) is 19.0 Å². The lowest BCUT2D eigenvalue weighted by Gasteiger charge is -2.08. The first-order valence-electron chi connectivity index (χ1n) is 7.25. The summed E-state index contributed by atoms with van der Waals surface area (Å²) in [6.45, 7) is 4.06. The van der Waals surface area contributed by atoms with Gasteiger partial charge in [0.25, 0.3) is 0 Å². The van der Waals surface area contributed by atoms with Crippen LogP contribution in [0.25, 0.3) is 11.0 Å². The molecule has 0 atom stereocenters. The minimum atomic E-state index is 0.454. The molecule has 0 bridgehead atoms. The summed E-state index contributed by atoms with van der Waals surface area (Å²) in [5, 5.41) is 0. The van der Waals surface area contributed by atoms with Crippen LogP contribution >= 0.6 is 11.6 Å². The quantitative estimate of drug-likeness (QED) is 0.513. The second-order valence-electron chi connectivity index (χ2n) is 5.31. The molecule has 21 heavy (non-hydrogen) atoms. The monoisotopic (exact) mass is 302 g/mol. The molecule has 3 aromatic rings. The second-order valence-corrected chi connectivity index (χ2v) is 5.58. The van der Waals surface area contributed by atoms with Gasteiger partial charge in [0.15, 0.2) is 0 Å². The van der Waals surface area contributed by atoms with Gasteiger partial charge in [-0.05, 0) is 37.5 Å². The number of unbranched alkanes of at least 4 members (excludes halogenated alkanes) is 1. The molecular formula is C16H19ClN4. The van der Waals surface area contributed by atoms with Crippen molar-refractivity contribution in [2.75, 3.05) is 0 Å². The molecule has 4 nitrogen and oxygen atoms in total. The van der Waals surface area contributed by atoms with Gasteiger partial charge in [0.1, 0.15) is 5.82 Å². The van der Waals surface area contributed by atoms with Crippen LogP contribution in [0.3, 0.4) is 0 Å². The molecule has 0 saturated heterocycles. The van der Waals surface area contributed by atoms with Crippen molar-refractivity contribution >= 4 is 22.6 Å². The minimum absolute atomic E-state index is 0.454. The highest BCUT2D eigenvalue weighted by Crippen LogP contribution is 2.20. The minimum Gasteiger partial charge on any atom is -0.337 e. The third-order valence-corrected chi connectivity index (χ3v) is 3.95. The van der Waals surface area contributed by atoms with Crippen molar-refractivity contribution in [3.05, 3.63) is 48.3 Å². The van der Waals surface area contributed by atoms with Crippen molar-refractivity contribution in [2.24, 2.45) is 0 Å². The summed E-state index contributed by atoms with van der Waals surface area (Å²) in [7, 11) is 0. The van der Waals surface area contributed by atoms with E-state index in [-0.39, 0.29) is 0 Å². The highest BCUT2D eigenvalue weighted by atomic mass is 35.5. The first-order chi connectivity index (χ1) is 10.3. The topological polar surface area (TPSA) is 35.6 Å². The van der Waals surface area contributed by atoms with Crippen LogP contribution in [0.15, 0.2) is 36.9 Å². The molecule has 0 amide bonds. The molecule has 110 valence electrons. The predicted molar refractivity (Wildman–Crippen MR) is 85.5 cm³/mol. The number of hydrogen-bond donors (Lipinski definition) is 0. The van der Waals surface area contributed by atoms with Gasteiger partial charge in [-0.1, -0.05) is 6.07 Å². The zero-order chi connectivity index (χ0) is 14.7. The van der Waals surface area contributed by atoms with Gasteiger partial charge in [0.05, 0.1) is 23.2 Å². The van der Waals surface area contributed by atoms with E-state index in [1.54, 1.807) is 0 Å². The van der Waals surface area contributed by atoms with E-state index in [0.717, 1.165) is 37.3 Å². The number of nitrogens with zero attached hydrogens (tertiary/aromatic N) is 4. The molecule has 5 heteroatoms. The van der Waals surface area contributed by atoms with E-state index < -0.39 is 0 Å². The smallest absolute Gasteiger partial charge is 0.124 e. The van der Waals surface area contributed by atoms with Gasteiger partial charge in [-0.2, -0.15) is 0 Å². The number of alkyl halides is 1. The Kier molecular flexibility index (Phi) is 4.25. The summed E-state index contributed by atoms with van der Waals surface area (Å²) in [4.78, 5) is 8.68. The maximum absolute atomic E-state index is 6.04. The third-order valence-electron chi connectivity index (χ3n) is 3.71. The Balaban J connectivity index is 1.71. The van der Waals surface area contributed by atoms with Crippen molar-refractivity contribution in [3.8, 4) is 0 Å². The van der Waals surface area contributed by atoms with E-state index in [1.807, 2.05) is 18.7 Å². The number of aryl methyl sites for hydroxylation is 3. The van der Waals surface area contributed by atoms with Crippen LogP contribution in [-0.4, -0.2) is 19.1 Å². The zero-order valence-electron chi connectivity index (χ0n) is 12.2. The van der Waals surface area contributed by atoms with Gasteiger partial charge in [-0.3, -0.25) is 0 Å². The molecule has 1 aromatic carbocycles. The molecule has 0 spiro atoms. The Morgan fingerprint density at radius 2 is 2.05 bits per heavy atom. The summed E-state index contributed by atoms with van der Waals surface area (Å²) in [5.41, 5.74) is 3.47. The lowest BCUT2D eigenvalue weighted by Crippen LogP contribution is -2.04. The molecule has 2 heterocycles. The van der Waals surface area contributed by atoms with Gasteiger partial charge in [0, 0.05) is 25.5 Å². The van der Waals surface area contributed by atoms with E-state index in [4.69, 9.17) is 11.6 Å². The van der Waals surface area contributed by atoms with Gasteiger partial charge in [-0.25, -0.2) is 9.97 Å². The highest BCUT2D eigenvalue weighted by molar-refractivity contribution is 6.16. The van der Waals surface area contributed by atoms with Crippen molar-refractivity contribution in [1.29, 1.82) is 0 Å². The van der Waals surface area contributed by atoms with Crippen LogP contribution in [0.5, 0.6) is 0 Å². The second kappa shape index (κ2) is 6.31. The normalized spacial score (nSPS) is 11.3. The molecule has 2 aromatic heterocycles. The Hall–Kier alpha value is -1.81. The summed E-state index contributed by atoms with van der Waals surface area (Å²) >= 11 is 6.04. The average molecular weight is 303 g/mol. The lowest BCUT2D eigenvalue weighted by molar-refractivity contribution is 0.552. The predicted octanol–water partition coefficient (Wildman–Crippen LogP) is 3.76.